The van der Waals surface area contributed by atoms with E-state index in [1.807, 2.05) is 16.8 Å². The summed E-state index contributed by atoms with van der Waals surface area (Å²) in [6, 6.07) is 3.33. The number of anilines is 1. The minimum atomic E-state index is -1.08. The number of nitrogens with zero attached hydrogens (tertiary/aromatic N) is 1. The molecule has 0 unspecified atom stereocenters. The van der Waals surface area contributed by atoms with E-state index in [9.17, 15) is 4.79 Å². The molecular formula is C9H8N2O3S. The Bertz CT molecular complexity index is 450. The van der Waals surface area contributed by atoms with Crippen molar-refractivity contribution in [2.75, 3.05) is 5.32 Å². The molecule has 0 bridgehead atoms. The highest BCUT2D eigenvalue weighted by atomic mass is 32.1. The average molecular weight is 224 g/mol. The summed E-state index contributed by atoms with van der Waals surface area (Å²) in [5.41, 5.74) is 0.908. The molecule has 0 amide bonds. The highest BCUT2D eigenvalue weighted by Crippen LogP contribution is 2.13. The fraction of sp³-hybridized carbons (Fsp3) is 0.111. The third kappa shape index (κ3) is 2.35. The van der Waals surface area contributed by atoms with Crippen molar-refractivity contribution < 1.29 is 14.4 Å². The van der Waals surface area contributed by atoms with Crippen LogP contribution in [0.5, 0.6) is 0 Å². The molecule has 15 heavy (non-hydrogen) atoms. The van der Waals surface area contributed by atoms with Crippen LogP contribution in [0.2, 0.25) is 0 Å². The van der Waals surface area contributed by atoms with Crippen molar-refractivity contribution in [1.29, 1.82) is 0 Å². The summed E-state index contributed by atoms with van der Waals surface area (Å²) in [7, 11) is 0. The normalized spacial score (nSPS) is 10.1. The van der Waals surface area contributed by atoms with Crippen LogP contribution in [0, 0.1) is 0 Å². The van der Waals surface area contributed by atoms with Crippen molar-refractivity contribution in [3.63, 3.8) is 0 Å². The Morgan fingerprint density at radius 1 is 1.67 bits per heavy atom. The molecule has 2 rings (SSSR count). The number of hydrogen-bond acceptors (Lipinski definition) is 5. The Balaban J connectivity index is 1.96. The van der Waals surface area contributed by atoms with Crippen molar-refractivity contribution in [3.05, 3.63) is 34.3 Å². The van der Waals surface area contributed by atoms with Crippen molar-refractivity contribution in [2.24, 2.45) is 0 Å². The Morgan fingerprint density at radius 2 is 2.53 bits per heavy atom. The standard InChI is InChI=1S/C9H8N2O3S/c12-9(13)8-3-7(14-11-8)4-10-6-1-2-15-5-6/h1-3,5,10H,4H2,(H,12,13). The quantitative estimate of drug-likeness (QED) is 0.831. The second-order valence-electron chi connectivity index (χ2n) is 2.85. The smallest absolute Gasteiger partial charge is 0.358 e. The molecule has 0 radical (unpaired) electrons. The highest BCUT2D eigenvalue weighted by molar-refractivity contribution is 7.08. The molecule has 2 N–H and O–H groups in total. The van der Waals surface area contributed by atoms with Gasteiger partial charge in [0.25, 0.3) is 0 Å². The summed E-state index contributed by atoms with van der Waals surface area (Å²) in [6.07, 6.45) is 0. The van der Waals surface area contributed by atoms with E-state index in [1.54, 1.807) is 11.3 Å². The van der Waals surface area contributed by atoms with Gasteiger partial charge in [0.05, 0.1) is 6.54 Å². The van der Waals surface area contributed by atoms with E-state index in [-0.39, 0.29) is 5.69 Å². The van der Waals surface area contributed by atoms with Crippen LogP contribution in [0.1, 0.15) is 16.2 Å². The largest absolute Gasteiger partial charge is 0.476 e. The molecular weight excluding hydrogens is 216 g/mol. The van der Waals surface area contributed by atoms with E-state index in [1.165, 1.54) is 6.07 Å². The first-order valence-corrected chi connectivity index (χ1v) is 5.15. The molecule has 0 aliphatic carbocycles. The lowest BCUT2D eigenvalue weighted by molar-refractivity contribution is 0.0685. The molecule has 78 valence electrons. The summed E-state index contributed by atoms with van der Waals surface area (Å²) in [5.74, 6) is -0.584. The lowest BCUT2D eigenvalue weighted by atomic mass is 10.3. The maximum Gasteiger partial charge on any atom is 0.358 e. The predicted molar refractivity (Wildman–Crippen MR) is 55.1 cm³/mol. The average Bonchev–Trinajstić information content (AvgIpc) is 2.86. The van der Waals surface area contributed by atoms with E-state index in [4.69, 9.17) is 9.63 Å². The molecule has 0 saturated carbocycles. The van der Waals surface area contributed by atoms with Gasteiger partial charge in [0, 0.05) is 17.1 Å². The molecule has 0 aliphatic heterocycles. The Kier molecular flexibility index (Phi) is 2.68. The lowest BCUT2D eigenvalue weighted by Gasteiger charge is -1.97. The zero-order chi connectivity index (χ0) is 10.7. The summed E-state index contributed by atoms with van der Waals surface area (Å²) in [5, 5.41) is 19.0. The molecule has 0 saturated heterocycles. The molecule has 0 fully saturated rings. The van der Waals surface area contributed by atoms with Crippen molar-refractivity contribution >= 4 is 23.0 Å². The van der Waals surface area contributed by atoms with Gasteiger partial charge in [0.1, 0.15) is 0 Å². The van der Waals surface area contributed by atoms with Gasteiger partial charge in [0.15, 0.2) is 11.5 Å². The molecule has 2 aromatic rings. The Morgan fingerprint density at radius 3 is 3.13 bits per heavy atom. The molecule has 0 aromatic carbocycles. The number of carboxylic acid groups (broad SMARTS) is 1. The summed E-state index contributed by atoms with van der Waals surface area (Å²) >= 11 is 1.58. The van der Waals surface area contributed by atoms with Gasteiger partial charge in [0.2, 0.25) is 0 Å². The topological polar surface area (TPSA) is 75.4 Å². The van der Waals surface area contributed by atoms with Crippen LogP contribution in [0.15, 0.2) is 27.4 Å². The molecule has 0 aliphatic rings. The summed E-state index contributed by atoms with van der Waals surface area (Å²) < 4.78 is 4.83. The van der Waals surface area contributed by atoms with Gasteiger partial charge in [-0.05, 0) is 11.4 Å². The molecule has 6 heteroatoms. The van der Waals surface area contributed by atoms with E-state index in [2.05, 4.69) is 10.5 Å². The molecule has 2 heterocycles. The van der Waals surface area contributed by atoms with Crippen molar-refractivity contribution in [1.82, 2.24) is 5.16 Å². The van der Waals surface area contributed by atoms with E-state index < -0.39 is 5.97 Å². The number of carboxylic acids is 1. The van der Waals surface area contributed by atoms with Crippen LogP contribution in [0.25, 0.3) is 0 Å². The lowest BCUT2D eigenvalue weighted by Crippen LogP contribution is -1.97. The third-order valence-corrected chi connectivity index (χ3v) is 2.45. The number of rotatable bonds is 4. The number of carbonyl (C=O) groups is 1. The van der Waals surface area contributed by atoms with Gasteiger partial charge in [-0.25, -0.2) is 4.79 Å². The Hall–Kier alpha value is -1.82. The highest BCUT2D eigenvalue weighted by Gasteiger charge is 2.09. The first-order chi connectivity index (χ1) is 7.25. The maximum atomic E-state index is 10.5. The van der Waals surface area contributed by atoms with E-state index in [0.717, 1.165) is 5.69 Å². The van der Waals surface area contributed by atoms with Gasteiger partial charge < -0.3 is 14.9 Å². The zero-order valence-corrected chi connectivity index (χ0v) is 8.45. The molecule has 2 aromatic heterocycles. The second-order valence-corrected chi connectivity index (χ2v) is 3.63. The molecule has 0 atom stereocenters. The molecule has 5 nitrogen and oxygen atoms in total. The van der Waals surface area contributed by atoms with Gasteiger partial charge >= 0.3 is 5.97 Å². The summed E-state index contributed by atoms with van der Waals surface area (Å²) in [6.45, 7) is 0.428. The van der Waals surface area contributed by atoms with Crippen LogP contribution >= 0.6 is 11.3 Å². The fourth-order valence-corrected chi connectivity index (χ4v) is 1.66. The number of aromatic nitrogens is 1. The second kappa shape index (κ2) is 4.14. The van der Waals surface area contributed by atoms with E-state index in [0.29, 0.717) is 12.3 Å². The van der Waals surface area contributed by atoms with Gasteiger partial charge in [-0.1, -0.05) is 5.16 Å². The number of thiophene rings is 1. The van der Waals surface area contributed by atoms with Crippen LogP contribution in [-0.4, -0.2) is 16.2 Å². The number of nitrogens with one attached hydrogen (secondary N) is 1. The first-order valence-electron chi connectivity index (χ1n) is 4.20. The Labute approximate surface area is 89.3 Å². The first kappa shape index (κ1) is 9.72. The van der Waals surface area contributed by atoms with Gasteiger partial charge in [-0.2, -0.15) is 11.3 Å². The third-order valence-electron chi connectivity index (χ3n) is 1.77. The van der Waals surface area contributed by atoms with Crippen LogP contribution in [0.3, 0.4) is 0 Å². The van der Waals surface area contributed by atoms with Crippen molar-refractivity contribution in [2.45, 2.75) is 6.54 Å². The predicted octanol–water partition coefficient (Wildman–Crippen LogP) is 2.05. The monoisotopic (exact) mass is 224 g/mol. The minimum Gasteiger partial charge on any atom is -0.476 e. The number of hydrogen-bond donors (Lipinski definition) is 2. The summed E-state index contributed by atoms with van der Waals surface area (Å²) in [4.78, 5) is 10.5. The van der Waals surface area contributed by atoms with Gasteiger partial charge in [-0.3, -0.25) is 0 Å². The SMILES string of the molecule is O=C(O)c1cc(CNc2ccsc2)on1. The maximum absolute atomic E-state index is 10.5. The van der Waals surface area contributed by atoms with Crippen LogP contribution < -0.4 is 5.32 Å². The van der Waals surface area contributed by atoms with E-state index >= 15 is 0 Å². The fourth-order valence-electron chi connectivity index (χ4n) is 1.05. The zero-order valence-electron chi connectivity index (χ0n) is 7.64. The van der Waals surface area contributed by atoms with Gasteiger partial charge in [-0.15, -0.1) is 0 Å². The number of aromatic carboxylic acids is 1. The van der Waals surface area contributed by atoms with Crippen molar-refractivity contribution in [3.8, 4) is 0 Å². The van der Waals surface area contributed by atoms with Crippen LogP contribution in [-0.2, 0) is 6.54 Å². The molecule has 0 spiro atoms. The minimum absolute atomic E-state index is 0.0721. The van der Waals surface area contributed by atoms with Crippen LogP contribution in [0.4, 0.5) is 5.69 Å².